The van der Waals surface area contributed by atoms with E-state index in [9.17, 15) is 4.79 Å². The fourth-order valence-electron chi connectivity index (χ4n) is 1.74. The number of nitrogens with one attached hydrogen (secondary N) is 1. The van der Waals surface area contributed by atoms with Crippen molar-refractivity contribution < 1.29 is 14.1 Å². The molecule has 0 spiro atoms. The molecule has 0 fully saturated rings. The number of methoxy groups -OCH3 is 1. The normalized spacial score (nSPS) is 9.67. The molecule has 3 N–H and O–H groups in total. The maximum Gasteiger partial charge on any atom is 0.260 e. The summed E-state index contributed by atoms with van der Waals surface area (Å²) in [5.41, 5.74) is 6.97. The zero-order valence-electron chi connectivity index (χ0n) is 11.8. The average molecular weight is 285 g/mol. The van der Waals surface area contributed by atoms with Gasteiger partial charge in [-0.2, -0.15) is 0 Å². The molecular formula is C15H15N3O3. The molecule has 2 aromatic rings. The van der Waals surface area contributed by atoms with Crippen molar-refractivity contribution >= 4 is 11.6 Å². The number of nitrogens with zero attached hydrogens (tertiary/aromatic N) is 1. The van der Waals surface area contributed by atoms with Gasteiger partial charge in [-0.1, -0.05) is 17.0 Å². The van der Waals surface area contributed by atoms with Crippen molar-refractivity contribution in [1.29, 1.82) is 0 Å². The van der Waals surface area contributed by atoms with Gasteiger partial charge in [0.1, 0.15) is 17.1 Å². The van der Waals surface area contributed by atoms with Crippen LogP contribution in [0.5, 0.6) is 5.75 Å². The first kappa shape index (κ1) is 14.6. The van der Waals surface area contributed by atoms with Crippen LogP contribution in [-0.4, -0.2) is 24.7 Å². The highest BCUT2D eigenvalue weighted by atomic mass is 16.5. The van der Waals surface area contributed by atoms with E-state index in [2.05, 4.69) is 22.3 Å². The highest BCUT2D eigenvalue weighted by Crippen LogP contribution is 2.26. The Labute approximate surface area is 122 Å². The Bertz CT molecular complexity index is 710. The van der Waals surface area contributed by atoms with E-state index in [1.165, 1.54) is 13.3 Å². The molecule has 108 valence electrons. The molecule has 0 aliphatic heterocycles. The lowest BCUT2D eigenvalue weighted by Gasteiger charge is -2.10. The van der Waals surface area contributed by atoms with Crippen LogP contribution < -0.4 is 15.8 Å². The lowest BCUT2D eigenvalue weighted by atomic mass is 10.1. The molecular weight excluding hydrogens is 270 g/mol. The average Bonchev–Trinajstić information content (AvgIpc) is 2.91. The van der Waals surface area contributed by atoms with Crippen LogP contribution in [0.25, 0.3) is 0 Å². The smallest absolute Gasteiger partial charge is 0.260 e. The monoisotopic (exact) mass is 285 g/mol. The first-order valence-corrected chi connectivity index (χ1v) is 6.25. The molecule has 0 unspecified atom stereocenters. The lowest BCUT2D eigenvalue weighted by molar-refractivity contribution is 0.102. The summed E-state index contributed by atoms with van der Waals surface area (Å²) in [6.45, 7) is 1.94. The maximum atomic E-state index is 12.2. The Kier molecular flexibility index (Phi) is 4.59. The largest absolute Gasteiger partial charge is 0.495 e. The summed E-state index contributed by atoms with van der Waals surface area (Å²) >= 11 is 0. The summed E-state index contributed by atoms with van der Waals surface area (Å²) in [6, 6.07) is 5.25. The molecule has 0 atom stereocenters. The van der Waals surface area contributed by atoms with E-state index in [4.69, 9.17) is 15.0 Å². The molecule has 0 aliphatic rings. The van der Waals surface area contributed by atoms with Crippen molar-refractivity contribution in [3.63, 3.8) is 0 Å². The van der Waals surface area contributed by atoms with Crippen LogP contribution in [-0.2, 0) is 0 Å². The summed E-state index contributed by atoms with van der Waals surface area (Å²) in [4.78, 5) is 12.2. The van der Waals surface area contributed by atoms with Gasteiger partial charge in [0.25, 0.3) is 5.91 Å². The molecule has 1 aromatic carbocycles. The van der Waals surface area contributed by atoms with Crippen molar-refractivity contribution in [1.82, 2.24) is 5.16 Å². The van der Waals surface area contributed by atoms with Gasteiger partial charge in [-0.15, -0.1) is 0 Å². The van der Waals surface area contributed by atoms with Gasteiger partial charge in [0.05, 0.1) is 25.5 Å². The maximum absolute atomic E-state index is 12.2. The molecule has 1 aromatic heterocycles. The van der Waals surface area contributed by atoms with E-state index in [0.717, 1.165) is 5.56 Å². The van der Waals surface area contributed by atoms with E-state index in [1.807, 2.05) is 0 Å². The predicted molar refractivity (Wildman–Crippen MR) is 78.1 cm³/mol. The minimum absolute atomic E-state index is 0.271. The summed E-state index contributed by atoms with van der Waals surface area (Å²) in [5.74, 6) is 6.33. The number of rotatable bonds is 3. The summed E-state index contributed by atoms with van der Waals surface area (Å²) in [7, 11) is 1.53. The molecule has 0 bridgehead atoms. The van der Waals surface area contributed by atoms with E-state index in [-0.39, 0.29) is 12.5 Å². The third-order valence-corrected chi connectivity index (χ3v) is 2.78. The molecule has 0 saturated heterocycles. The molecule has 6 heteroatoms. The van der Waals surface area contributed by atoms with Crippen LogP contribution in [0, 0.1) is 18.8 Å². The summed E-state index contributed by atoms with van der Waals surface area (Å²) in [6.07, 6.45) is 1.37. The molecule has 1 amide bonds. The third-order valence-electron chi connectivity index (χ3n) is 2.78. The van der Waals surface area contributed by atoms with Crippen molar-refractivity contribution in [2.75, 3.05) is 19.0 Å². The second-order valence-corrected chi connectivity index (χ2v) is 4.17. The van der Waals surface area contributed by atoms with Crippen LogP contribution in [0.3, 0.4) is 0 Å². The molecule has 1 heterocycles. The molecule has 2 rings (SSSR count). The van der Waals surface area contributed by atoms with E-state index in [0.29, 0.717) is 22.8 Å². The van der Waals surface area contributed by atoms with Crippen LogP contribution in [0.1, 0.15) is 21.7 Å². The molecule has 0 saturated carbocycles. The zero-order chi connectivity index (χ0) is 15.2. The second-order valence-electron chi connectivity index (χ2n) is 4.17. The van der Waals surface area contributed by atoms with Crippen LogP contribution >= 0.6 is 0 Å². The van der Waals surface area contributed by atoms with Gasteiger partial charge in [0, 0.05) is 5.56 Å². The molecule has 6 nitrogen and oxygen atoms in total. The van der Waals surface area contributed by atoms with Gasteiger partial charge in [-0.3, -0.25) is 4.79 Å². The number of aryl methyl sites for hydroxylation is 1. The van der Waals surface area contributed by atoms with Crippen LogP contribution in [0.4, 0.5) is 5.69 Å². The summed E-state index contributed by atoms with van der Waals surface area (Å²) in [5, 5.41) is 6.34. The van der Waals surface area contributed by atoms with E-state index >= 15 is 0 Å². The van der Waals surface area contributed by atoms with Crippen molar-refractivity contribution in [3.05, 3.63) is 41.3 Å². The topological polar surface area (TPSA) is 90.4 Å². The number of carbonyl (C=O) groups excluding carboxylic acids is 1. The highest BCUT2D eigenvalue weighted by Gasteiger charge is 2.15. The van der Waals surface area contributed by atoms with E-state index in [1.54, 1.807) is 25.1 Å². The standard InChI is InChI=1S/C15H15N3O3/c1-10-12(9-17-21-10)15(19)18-13-8-11(4-3-7-16)5-6-14(13)20-2/h5-6,8-9H,7,16H2,1-2H3,(H,18,19). The van der Waals surface area contributed by atoms with Crippen molar-refractivity contribution in [2.24, 2.45) is 5.73 Å². The Balaban J connectivity index is 2.29. The minimum Gasteiger partial charge on any atom is -0.495 e. The Hall–Kier alpha value is -2.78. The summed E-state index contributed by atoms with van der Waals surface area (Å²) < 4.78 is 10.1. The first-order chi connectivity index (χ1) is 10.2. The fourth-order valence-corrected chi connectivity index (χ4v) is 1.74. The number of benzene rings is 1. The Morgan fingerprint density at radius 1 is 1.52 bits per heavy atom. The SMILES string of the molecule is COc1ccc(C#CCN)cc1NC(=O)c1cnoc1C. The first-order valence-electron chi connectivity index (χ1n) is 6.25. The highest BCUT2D eigenvalue weighted by molar-refractivity contribution is 6.05. The fraction of sp³-hybridized carbons (Fsp3) is 0.200. The number of ether oxygens (including phenoxy) is 1. The van der Waals surface area contributed by atoms with Gasteiger partial charge in [-0.05, 0) is 25.1 Å². The van der Waals surface area contributed by atoms with Crippen LogP contribution in [0.2, 0.25) is 0 Å². The number of aromatic nitrogens is 1. The van der Waals surface area contributed by atoms with Gasteiger partial charge in [0.15, 0.2) is 0 Å². The van der Waals surface area contributed by atoms with Crippen molar-refractivity contribution in [3.8, 4) is 17.6 Å². The molecule has 0 aliphatic carbocycles. The number of nitrogens with two attached hydrogens (primary N) is 1. The van der Waals surface area contributed by atoms with Crippen LogP contribution in [0.15, 0.2) is 28.9 Å². The second kappa shape index (κ2) is 6.59. The van der Waals surface area contributed by atoms with Gasteiger partial charge in [-0.25, -0.2) is 0 Å². The third kappa shape index (κ3) is 3.41. The zero-order valence-corrected chi connectivity index (χ0v) is 11.8. The number of amides is 1. The molecule has 21 heavy (non-hydrogen) atoms. The Morgan fingerprint density at radius 2 is 2.33 bits per heavy atom. The van der Waals surface area contributed by atoms with E-state index < -0.39 is 0 Å². The lowest BCUT2D eigenvalue weighted by Crippen LogP contribution is -2.13. The number of hydrogen-bond acceptors (Lipinski definition) is 5. The van der Waals surface area contributed by atoms with Gasteiger partial charge in [0.2, 0.25) is 0 Å². The number of carbonyl (C=O) groups is 1. The Morgan fingerprint density at radius 3 is 2.95 bits per heavy atom. The molecule has 0 radical (unpaired) electrons. The quantitative estimate of drug-likeness (QED) is 0.835. The van der Waals surface area contributed by atoms with Crippen molar-refractivity contribution in [2.45, 2.75) is 6.92 Å². The predicted octanol–water partition coefficient (Wildman–Crippen LogP) is 1.55. The number of hydrogen-bond donors (Lipinski definition) is 2. The minimum atomic E-state index is -0.323. The van der Waals surface area contributed by atoms with Gasteiger partial charge < -0.3 is 20.3 Å². The van der Waals surface area contributed by atoms with Gasteiger partial charge >= 0.3 is 0 Å². The number of anilines is 1.